The molecule has 1 aliphatic heterocycles. The van der Waals surface area contributed by atoms with Crippen molar-refractivity contribution in [1.29, 1.82) is 0 Å². The van der Waals surface area contributed by atoms with Crippen molar-refractivity contribution in [1.82, 2.24) is 19.9 Å². The molecule has 1 aliphatic rings. The third-order valence-corrected chi connectivity index (χ3v) is 5.27. The second kappa shape index (κ2) is 9.00. The Kier molecular flexibility index (Phi) is 5.99. The first-order chi connectivity index (χ1) is 14.6. The fourth-order valence-corrected chi connectivity index (χ4v) is 3.48. The van der Waals surface area contributed by atoms with E-state index >= 15 is 0 Å². The van der Waals surface area contributed by atoms with Gasteiger partial charge >= 0.3 is 0 Å². The summed E-state index contributed by atoms with van der Waals surface area (Å²) in [5, 5.41) is 4.09. The maximum absolute atomic E-state index is 13.3. The summed E-state index contributed by atoms with van der Waals surface area (Å²) in [7, 11) is 0. The van der Waals surface area contributed by atoms with Gasteiger partial charge < -0.3 is 9.42 Å². The first-order valence-corrected chi connectivity index (χ1v) is 9.96. The van der Waals surface area contributed by atoms with Gasteiger partial charge in [-0.05, 0) is 30.7 Å². The van der Waals surface area contributed by atoms with Gasteiger partial charge in [0.15, 0.2) is 0 Å². The smallest absolute Gasteiger partial charge is 0.246 e. The predicted molar refractivity (Wildman–Crippen MR) is 112 cm³/mol. The van der Waals surface area contributed by atoms with Crippen LogP contribution in [0.25, 0.3) is 17.5 Å². The van der Waals surface area contributed by atoms with Crippen LogP contribution < -0.4 is 0 Å². The van der Waals surface area contributed by atoms with E-state index in [4.69, 9.17) is 4.52 Å². The molecule has 1 atom stereocenters. The van der Waals surface area contributed by atoms with Crippen LogP contribution in [0.5, 0.6) is 0 Å². The molecule has 1 saturated heterocycles. The molecule has 0 aliphatic carbocycles. The molecule has 6 nitrogen and oxygen atoms in total. The third kappa shape index (κ3) is 4.63. The SMILES string of the molecule is CC(c1nc(-c2ccccc2)no1)N1CCN(C(=O)/C=C/c2cccc(F)c2)CC1. The Morgan fingerprint density at radius 2 is 1.87 bits per heavy atom. The first-order valence-electron chi connectivity index (χ1n) is 9.96. The second-order valence-electron chi connectivity index (χ2n) is 7.25. The molecule has 1 fully saturated rings. The molecular weight excluding hydrogens is 383 g/mol. The maximum atomic E-state index is 13.3. The summed E-state index contributed by atoms with van der Waals surface area (Å²) >= 11 is 0. The Morgan fingerprint density at radius 1 is 1.10 bits per heavy atom. The minimum atomic E-state index is -0.316. The number of amides is 1. The molecule has 1 amide bonds. The zero-order valence-electron chi connectivity index (χ0n) is 16.7. The van der Waals surface area contributed by atoms with Crippen molar-refractivity contribution in [3.8, 4) is 11.4 Å². The van der Waals surface area contributed by atoms with E-state index in [0.29, 0.717) is 43.5 Å². The lowest BCUT2D eigenvalue weighted by molar-refractivity contribution is -0.128. The molecule has 154 valence electrons. The van der Waals surface area contributed by atoms with Crippen LogP contribution in [0.15, 0.2) is 65.2 Å². The number of hydrogen-bond donors (Lipinski definition) is 0. The van der Waals surface area contributed by atoms with Crippen LogP contribution in [0.2, 0.25) is 0 Å². The van der Waals surface area contributed by atoms with Gasteiger partial charge in [-0.25, -0.2) is 4.39 Å². The van der Waals surface area contributed by atoms with Crippen molar-refractivity contribution < 1.29 is 13.7 Å². The number of aromatic nitrogens is 2. The average molecular weight is 406 g/mol. The number of rotatable bonds is 5. The highest BCUT2D eigenvalue weighted by atomic mass is 19.1. The van der Waals surface area contributed by atoms with E-state index in [1.807, 2.05) is 37.3 Å². The Hall–Kier alpha value is -3.32. The van der Waals surface area contributed by atoms with Crippen LogP contribution >= 0.6 is 0 Å². The molecule has 30 heavy (non-hydrogen) atoms. The number of carbonyl (C=O) groups excluding carboxylic acids is 1. The van der Waals surface area contributed by atoms with E-state index in [9.17, 15) is 9.18 Å². The molecule has 0 spiro atoms. The summed E-state index contributed by atoms with van der Waals surface area (Å²) in [4.78, 5) is 21.0. The van der Waals surface area contributed by atoms with Crippen LogP contribution in [0.3, 0.4) is 0 Å². The number of nitrogens with zero attached hydrogens (tertiary/aromatic N) is 4. The Morgan fingerprint density at radius 3 is 2.60 bits per heavy atom. The van der Waals surface area contributed by atoms with Crippen LogP contribution in [-0.2, 0) is 4.79 Å². The normalized spacial score (nSPS) is 16.1. The van der Waals surface area contributed by atoms with Gasteiger partial charge in [0.25, 0.3) is 0 Å². The van der Waals surface area contributed by atoms with Gasteiger partial charge in [0.05, 0.1) is 6.04 Å². The molecule has 7 heteroatoms. The molecule has 1 aromatic heterocycles. The van der Waals surface area contributed by atoms with Crippen molar-refractivity contribution in [3.63, 3.8) is 0 Å². The van der Waals surface area contributed by atoms with E-state index in [2.05, 4.69) is 15.0 Å². The summed E-state index contributed by atoms with van der Waals surface area (Å²) in [6.07, 6.45) is 3.14. The summed E-state index contributed by atoms with van der Waals surface area (Å²) in [6.45, 7) is 4.67. The van der Waals surface area contributed by atoms with Gasteiger partial charge in [-0.3, -0.25) is 9.69 Å². The molecule has 2 aromatic carbocycles. The Balaban J connectivity index is 1.33. The largest absolute Gasteiger partial charge is 0.337 e. The van der Waals surface area contributed by atoms with Crippen molar-refractivity contribution in [2.24, 2.45) is 0 Å². The number of piperazine rings is 1. The van der Waals surface area contributed by atoms with Crippen molar-refractivity contribution in [3.05, 3.63) is 77.9 Å². The summed E-state index contributed by atoms with van der Waals surface area (Å²) < 4.78 is 18.7. The molecule has 0 radical (unpaired) electrons. The average Bonchev–Trinajstić information content (AvgIpc) is 3.28. The summed E-state index contributed by atoms with van der Waals surface area (Å²) in [5.41, 5.74) is 1.58. The predicted octanol–water partition coefficient (Wildman–Crippen LogP) is 3.79. The van der Waals surface area contributed by atoms with E-state index in [1.165, 1.54) is 18.2 Å². The van der Waals surface area contributed by atoms with Crippen LogP contribution in [0.4, 0.5) is 4.39 Å². The van der Waals surface area contributed by atoms with E-state index in [0.717, 1.165) is 5.56 Å². The first kappa shape index (κ1) is 20.0. The molecule has 2 heterocycles. The molecule has 0 saturated carbocycles. The van der Waals surface area contributed by atoms with Crippen molar-refractivity contribution >= 4 is 12.0 Å². The minimum absolute atomic E-state index is 0.0324. The number of benzene rings is 2. The van der Waals surface area contributed by atoms with Gasteiger partial charge in [-0.2, -0.15) is 4.98 Å². The van der Waals surface area contributed by atoms with E-state index in [1.54, 1.807) is 23.1 Å². The van der Waals surface area contributed by atoms with Gasteiger partial charge in [-0.15, -0.1) is 0 Å². The molecular formula is C23H23FN4O2. The zero-order valence-corrected chi connectivity index (χ0v) is 16.7. The van der Waals surface area contributed by atoms with Gasteiger partial charge in [0.2, 0.25) is 17.6 Å². The zero-order chi connectivity index (χ0) is 20.9. The highest BCUT2D eigenvalue weighted by Crippen LogP contribution is 2.23. The molecule has 0 N–H and O–H groups in total. The van der Waals surface area contributed by atoms with Crippen LogP contribution in [-0.4, -0.2) is 52.0 Å². The lowest BCUT2D eigenvalue weighted by Crippen LogP contribution is -2.48. The van der Waals surface area contributed by atoms with Crippen LogP contribution in [0.1, 0.15) is 24.4 Å². The third-order valence-electron chi connectivity index (χ3n) is 5.27. The van der Waals surface area contributed by atoms with Crippen molar-refractivity contribution in [2.45, 2.75) is 13.0 Å². The molecule has 4 rings (SSSR count). The Labute approximate surface area is 174 Å². The van der Waals surface area contributed by atoms with Gasteiger partial charge in [0, 0.05) is 37.8 Å². The minimum Gasteiger partial charge on any atom is -0.337 e. The number of halogens is 1. The van der Waals surface area contributed by atoms with Gasteiger partial charge in [-0.1, -0.05) is 47.6 Å². The molecule has 0 bridgehead atoms. The lowest BCUT2D eigenvalue weighted by atomic mass is 10.2. The second-order valence-corrected chi connectivity index (χ2v) is 7.25. The van der Waals surface area contributed by atoms with Gasteiger partial charge in [0.1, 0.15) is 5.82 Å². The molecule has 1 unspecified atom stereocenters. The standard InChI is InChI=1S/C23H23FN4O2/c1-17(23-25-22(26-30-23)19-7-3-2-4-8-19)27-12-14-28(15-13-27)21(29)11-10-18-6-5-9-20(24)16-18/h2-11,16-17H,12-15H2,1H3/b11-10+. The number of carbonyl (C=O) groups is 1. The van der Waals surface area contributed by atoms with Crippen molar-refractivity contribution in [2.75, 3.05) is 26.2 Å². The fourth-order valence-electron chi connectivity index (χ4n) is 3.48. The summed E-state index contributed by atoms with van der Waals surface area (Å²) in [5.74, 6) is 0.757. The number of hydrogen-bond acceptors (Lipinski definition) is 5. The van der Waals surface area contributed by atoms with E-state index < -0.39 is 0 Å². The van der Waals surface area contributed by atoms with E-state index in [-0.39, 0.29) is 17.8 Å². The maximum Gasteiger partial charge on any atom is 0.246 e. The molecule has 3 aromatic rings. The summed E-state index contributed by atoms with van der Waals surface area (Å²) in [6, 6.07) is 15.9. The lowest BCUT2D eigenvalue weighted by Gasteiger charge is -2.36. The van der Waals surface area contributed by atoms with Crippen LogP contribution in [0, 0.1) is 5.82 Å². The highest BCUT2D eigenvalue weighted by Gasteiger charge is 2.27. The monoisotopic (exact) mass is 406 g/mol. The fraction of sp³-hybridized carbons (Fsp3) is 0.261. The topological polar surface area (TPSA) is 62.5 Å². The highest BCUT2D eigenvalue weighted by molar-refractivity contribution is 5.91. The quantitative estimate of drug-likeness (QED) is 0.603. The Bertz CT molecular complexity index is 1030.